The molecule has 0 saturated carbocycles. The van der Waals surface area contributed by atoms with E-state index in [0.29, 0.717) is 6.07 Å². The van der Waals surface area contributed by atoms with Gasteiger partial charge in [-0.25, -0.2) is 0 Å². The molecule has 0 bridgehead atoms. The fraction of sp³-hybridized carbons (Fsp3) is 0.400. The smallest absolute Gasteiger partial charge is 0.417 e. The van der Waals surface area contributed by atoms with Crippen molar-refractivity contribution >= 4 is 16.6 Å². The van der Waals surface area contributed by atoms with E-state index in [-0.39, 0.29) is 23.6 Å². The molecule has 0 unspecified atom stereocenters. The van der Waals surface area contributed by atoms with Crippen molar-refractivity contribution in [1.82, 2.24) is 4.98 Å². The van der Waals surface area contributed by atoms with Crippen LogP contribution in [0, 0.1) is 0 Å². The third-order valence-electron chi connectivity index (χ3n) is 3.90. The van der Waals surface area contributed by atoms with Crippen molar-refractivity contribution in [3.8, 4) is 5.75 Å². The lowest BCUT2D eigenvalue weighted by molar-refractivity contribution is -0.136. The molecule has 1 N–H and O–H groups in total. The number of pyridine rings is 1. The number of H-pyrrole nitrogens is 1. The van der Waals surface area contributed by atoms with E-state index >= 15 is 0 Å². The van der Waals surface area contributed by atoms with Gasteiger partial charge < -0.3 is 14.6 Å². The average molecular weight is 366 g/mol. The number of anilines is 1. The third kappa shape index (κ3) is 3.24. The van der Waals surface area contributed by atoms with Crippen LogP contribution >= 0.6 is 0 Å². The topological polar surface area (TPSA) is 45.3 Å². The van der Waals surface area contributed by atoms with E-state index in [4.69, 9.17) is 4.74 Å². The summed E-state index contributed by atoms with van der Waals surface area (Å²) in [7, 11) is 0. The van der Waals surface area contributed by atoms with Crippen molar-refractivity contribution in [3.05, 3.63) is 34.1 Å². The summed E-state index contributed by atoms with van der Waals surface area (Å²) in [6.07, 6.45) is -9.39. The monoisotopic (exact) mass is 366 g/mol. The molecule has 1 aromatic heterocycles. The predicted octanol–water partition coefficient (Wildman–Crippen LogP) is 3.70. The normalized spacial score (nSPS) is 18.2. The SMILES string of the molecule is C[C@@H]1COc2c(ccc3[nH]c(=O)cc(C(F)(F)F)c23)N1CC(F)(F)F. The van der Waals surface area contributed by atoms with Gasteiger partial charge in [-0.2, -0.15) is 26.3 Å². The number of benzene rings is 1. The number of alkyl halides is 6. The maximum absolute atomic E-state index is 13.3. The van der Waals surface area contributed by atoms with Gasteiger partial charge in [-0.3, -0.25) is 4.79 Å². The van der Waals surface area contributed by atoms with Crippen LogP contribution in [0.2, 0.25) is 0 Å². The molecular formula is C15H12F6N2O2. The Hall–Kier alpha value is -2.39. The predicted molar refractivity (Wildman–Crippen MR) is 77.9 cm³/mol. The molecule has 0 spiro atoms. The summed E-state index contributed by atoms with van der Waals surface area (Å²) in [4.78, 5) is 14.7. The van der Waals surface area contributed by atoms with E-state index in [1.165, 1.54) is 13.0 Å². The second-order valence-electron chi connectivity index (χ2n) is 5.78. The number of aromatic nitrogens is 1. The molecule has 2 aromatic rings. The molecule has 0 fully saturated rings. The number of fused-ring (bicyclic) bond motifs is 3. The van der Waals surface area contributed by atoms with Gasteiger partial charge in [-0.05, 0) is 19.1 Å². The Morgan fingerprint density at radius 1 is 1.24 bits per heavy atom. The van der Waals surface area contributed by atoms with Gasteiger partial charge in [0.15, 0.2) is 5.75 Å². The number of nitrogens with zero attached hydrogens (tertiary/aromatic N) is 1. The molecule has 3 rings (SSSR count). The number of rotatable bonds is 1. The summed E-state index contributed by atoms with van der Waals surface area (Å²) >= 11 is 0. The number of ether oxygens (including phenoxy) is 1. The second kappa shape index (κ2) is 5.57. The van der Waals surface area contributed by atoms with Crippen molar-refractivity contribution in [2.24, 2.45) is 0 Å². The van der Waals surface area contributed by atoms with Gasteiger partial charge in [-0.15, -0.1) is 0 Å². The zero-order valence-electron chi connectivity index (χ0n) is 12.8. The van der Waals surface area contributed by atoms with Crippen LogP contribution in [0.25, 0.3) is 10.9 Å². The largest absolute Gasteiger partial charge is 0.489 e. The Morgan fingerprint density at radius 3 is 2.52 bits per heavy atom. The first kappa shape index (κ1) is 17.4. The highest BCUT2D eigenvalue weighted by atomic mass is 19.4. The minimum Gasteiger partial charge on any atom is -0.489 e. The number of aromatic amines is 1. The Labute approximate surface area is 137 Å². The summed E-state index contributed by atoms with van der Waals surface area (Å²) in [5.74, 6) is -0.316. The van der Waals surface area contributed by atoms with Gasteiger partial charge >= 0.3 is 12.4 Å². The van der Waals surface area contributed by atoms with Crippen molar-refractivity contribution in [2.75, 3.05) is 18.1 Å². The fourth-order valence-corrected chi connectivity index (χ4v) is 2.88. The van der Waals surface area contributed by atoms with Crippen LogP contribution in [0.3, 0.4) is 0 Å². The molecule has 1 atom stereocenters. The highest BCUT2D eigenvalue weighted by Crippen LogP contribution is 2.45. The number of halogens is 6. The van der Waals surface area contributed by atoms with Crippen LogP contribution < -0.4 is 15.2 Å². The molecule has 4 nitrogen and oxygen atoms in total. The number of hydrogen-bond acceptors (Lipinski definition) is 3. The average Bonchev–Trinajstić information content (AvgIpc) is 2.46. The second-order valence-corrected chi connectivity index (χ2v) is 5.78. The Bertz CT molecular complexity index is 871. The molecule has 25 heavy (non-hydrogen) atoms. The molecule has 2 heterocycles. The molecule has 136 valence electrons. The highest BCUT2D eigenvalue weighted by molar-refractivity contribution is 5.94. The van der Waals surface area contributed by atoms with Gasteiger partial charge in [0.25, 0.3) is 0 Å². The maximum Gasteiger partial charge on any atom is 0.417 e. The quantitative estimate of drug-likeness (QED) is 0.783. The van der Waals surface area contributed by atoms with E-state index in [0.717, 1.165) is 11.0 Å². The summed E-state index contributed by atoms with van der Waals surface area (Å²) < 4.78 is 83.8. The van der Waals surface area contributed by atoms with Crippen LogP contribution in [0.5, 0.6) is 5.75 Å². The summed E-state index contributed by atoms with van der Waals surface area (Å²) in [6.45, 7) is -0.0459. The zero-order valence-corrected chi connectivity index (χ0v) is 12.8. The Kier molecular flexibility index (Phi) is 3.88. The van der Waals surface area contributed by atoms with Gasteiger partial charge in [0, 0.05) is 6.07 Å². The summed E-state index contributed by atoms with van der Waals surface area (Å²) in [5.41, 5.74) is -2.46. The zero-order chi connectivity index (χ0) is 18.6. The minimum atomic E-state index is -4.86. The van der Waals surface area contributed by atoms with E-state index < -0.39 is 41.4 Å². The summed E-state index contributed by atoms with van der Waals surface area (Å²) in [6, 6.07) is 2.06. The minimum absolute atomic E-state index is 0.0962. The molecule has 1 aliphatic rings. The lowest BCUT2D eigenvalue weighted by Crippen LogP contribution is -2.46. The van der Waals surface area contributed by atoms with Gasteiger partial charge in [-0.1, -0.05) is 0 Å². The highest BCUT2D eigenvalue weighted by Gasteiger charge is 2.39. The molecule has 0 saturated heterocycles. The number of nitrogens with one attached hydrogen (secondary N) is 1. The Morgan fingerprint density at radius 2 is 1.92 bits per heavy atom. The molecular weight excluding hydrogens is 354 g/mol. The number of hydrogen-bond donors (Lipinski definition) is 1. The molecule has 0 amide bonds. The third-order valence-corrected chi connectivity index (χ3v) is 3.90. The molecule has 0 radical (unpaired) electrons. The standard InChI is InChI=1S/C15H12F6N2O2/c1-7-5-25-13-10(23(7)6-14(16,17)18)3-2-9-12(13)8(15(19,20)21)4-11(24)22-9/h2-4,7H,5-6H2,1H3,(H,22,24)/t7-/m1/s1. The molecule has 1 aromatic carbocycles. The first-order chi connectivity index (χ1) is 11.5. The Balaban J connectivity index is 2.29. The van der Waals surface area contributed by atoms with Crippen molar-refractivity contribution < 1.29 is 31.1 Å². The van der Waals surface area contributed by atoms with Crippen molar-refractivity contribution in [3.63, 3.8) is 0 Å². The lowest BCUT2D eigenvalue weighted by atomic mass is 10.0. The molecule has 10 heteroatoms. The lowest BCUT2D eigenvalue weighted by Gasteiger charge is -2.37. The van der Waals surface area contributed by atoms with Crippen LogP contribution in [0.1, 0.15) is 12.5 Å². The van der Waals surface area contributed by atoms with E-state index in [9.17, 15) is 31.1 Å². The summed E-state index contributed by atoms with van der Waals surface area (Å²) in [5, 5.41) is -0.455. The van der Waals surface area contributed by atoms with Gasteiger partial charge in [0.1, 0.15) is 13.2 Å². The van der Waals surface area contributed by atoms with Crippen LogP contribution in [0.4, 0.5) is 32.0 Å². The fourth-order valence-electron chi connectivity index (χ4n) is 2.88. The molecule has 0 aliphatic carbocycles. The first-order valence-electron chi connectivity index (χ1n) is 7.21. The van der Waals surface area contributed by atoms with E-state index in [1.54, 1.807) is 0 Å². The van der Waals surface area contributed by atoms with E-state index in [2.05, 4.69) is 4.98 Å². The van der Waals surface area contributed by atoms with Gasteiger partial charge in [0.05, 0.1) is 28.2 Å². The van der Waals surface area contributed by atoms with Crippen LogP contribution in [0.15, 0.2) is 23.0 Å². The van der Waals surface area contributed by atoms with Crippen molar-refractivity contribution in [1.29, 1.82) is 0 Å². The van der Waals surface area contributed by atoms with Crippen molar-refractivity contribution in [2.45, 2.75) is 25.3 Å². The van der Waals surface area contributed by atoms with Gasteiger partial charge in [0.2, 0.25) is 5.56 Å². The molecule has 1 aliphatic heterocycles. The first-order valence-corrected chi connectivity index (χ1v) is 7.21. The van der Waals surface area contributed by atoms with Crippen LogP contribution in [-0.4, -0.2) is 30.4 Å². The van der Waals surface area contributed by atoms with E-state index in [1.807, 2.05) is 0 Å². The maximum atomic E-state index is 13.3. The van der Waals surface area contributed by atoms with Crippen LogP contribution in [-0.2, 0) is 6.18 Å².